The van der Waals surface area contributed by atoms with E-state index in [4.69, 9.17) is 9.47 Å². The summed E-state index contributed by atoms with van der Waals surface area (Å²) in [5, 5.41) is 0. The fourth-order valence-electron chi connectivity index (χ4n) is 2.44. The minimum absolute atomic E-state index is 0.707. The van der Waals surface area contributed by atoms with Crippen LogP contribution in [0.25, 0.3) is 0 Å². The van der Waals surface area contributed by atoms with Gasteiger partial charge >= 0.3 is 0 Å². The second-order valence-electron chi connectivity index (χ2n) is 4.90. The first kappa shape index (κ1) is 13.2. The Bertz CT molecular complexity index is 350. The van der Waals surface area contributed by atoms with Crippen molar-refractivity contribution in [3.63, 3.8) is 0 Å². The van der Waals surface area contributed by atoms with Gasteiger partial charge in [0.15, 0.2) is 0 Å². The molecular weight excluding hydrogens is 226 g/mol. The van der Waals surface area contributed by atoms with Gasteiger partial charge in [0, 0.05) is 12.6 Å². The zero-order chi connectivity index (χ0) is 12.8. The van der Waals surface area contributed by atoms with E-state index in [0.29, 0.717) is 6.04 Å². The molecule has 3 nitrogen and oxygen atoms in total. The van der Waals surface area contributed by atoms with Crippen molar-refractivity contribution in [1.82, 2.24) is 4.90 Å². The third-order valence-electron chi connectivity index (χ3n) is 3.65. The fourth-order valence-corrected chi connectivity index (χ4v) is 2.44. The summed E-state index contributed by atoms with van der Waals surface area (Å²) in [6.45, 7) is 5.31. The lowest BCUT2D eigenvalue weighted by atomic mass is 10.0. The third-order valence-corrected chi connectivity index (χ3v) is 3.65. The molecule has 1 atom stereocenters. The molecule has 0 N–H and O–H groups in total. The van der Waals surface area contributed by atoms with E-state index in [1.807, 2.05) is 24.3 Å². The molecule has 1 aromatic rings. The van der Waals surface area contributed by atoms with Gasteiger partial charge in [0.25, 0.3) is 0 Å². The predicted molar refractivity (Wildman–Crippen MR) is 73.4 cm³/mol. The topological polar surface area (TPSA) is 21.7 Å². The summed E-state index contributed by atoms with van der Waals surface area (Å²) in [6, 6.07) is 8.48. The lowest BCUT2D eigenvalue weighted by Crippen LogP contribution is -2.39. The number of methoxy groups -OCH3 is 1. The number of piperidine rings is 1. The molecule has 3 heteroatoms. The molecular formula is C15H23NO2. The Labute approximate surface area is 110 Å². The van der Waals surface area contributed by atoms with Crippen LogP contribution in [0.2, 0.25) is 0 Å². The van der Waals surface area contributed by atoms with E-state index >= 15 is 0 Å². The minimum Gasteiger partial charge on any atom is -0.497 e. The molecule has 1 saturated heterocycles. The van der Waals surface area contributed by atoms with E-state index in [0.717, 1.165) is 24.7 Å². The molecule has 0 radical (unpaired) electrons. The summed E-state index contributed by atoms with van der Waals surface area (Å²) >= 11 is 0. The molecule has 0 aromatic heterocycles. The number of hydrogen-bond donors (Lipinski definition) is 0. The van der Waals surface area contributed by atoms with Crippen LogP contribution >= 0.6 is 0 Å². The summed E-state index contributed by atoms with van der Waals surface area (Å²) in [7, 11) is 1.67. The van der Waals surface area contributed by atoms with Crippen molar-refractivity contribution in [3.8, 4) is 11.5 Å². The second-order valence-corrected chi connectivity index (χ2v) is 4.90. The predicted octanol–water partition coefficient (Wildman–Crippen LogP) is 2.95. The quantitative estimate of drug-likeness (QED) is 0.801. The van der Waals surface area contributed by atoms with Crippen molar-refractivity contribution >= 4 is 0 Å². The van der Waals surface area contributed by atoms with Gasteiger partial charge in [-0.05, 0) is 50.6 Å². The lowest BCUT2D eigenvalue weighted by Gasteiger charge is -2.33. The number of benzene rings is 1. The molecule has 1 aliphatic heterocycles. The fraction of sp³-hybridized carbons (Fsp3) is 0.600. The van der Waals surface area contributed by atoms with Crippen LogP contribution in [0.5, 0.6) is 11.5 Å². The second kappa shape index (κ2) is 6.64. The standard InChI is InChI=1S/C15H23NO2/c1-13-5-3-4-10-16(13)11-12-18-15-8-6-14(17-2)7-9-15/h6-9,13H,3-5,10-12H2,1-2H3/t13-/m1/s1. The summed E-state index contributed by atoms with van der Waals surface area (Å²) in [6.07, 6.45) is 4.02. The molecule has 1 fully saturated rings. The van der Waals surface area contributed by atoms with Crippen LogP contribution in [0.4, 0.5) is 0 Å². The highest BCUT2D eigenvalue weighted by atomic mass is 16.5. The van der Waals surface area contributed by atoms with Crippen LogP contribution < -0.4 is 9.47 Å². The first-order valence-electron chi connectivity index (χ1n) is 6.80. The van der Waals surface area contributed by atoms with Crippen LogP contribution in [-0.4, -0.2) is 37.7 Å². The number of nitrogens with zero attached hydrogens (tertiary/aromatic N) is 1. The molecule has 0 saturated carbocycles. The zero-order valence-electron chi connectivity index (χ0n) is 11.4. The lowest BCUT2D eigenvalue weighted by molar-refractivity contribution is 0.133. The van der Waals surface area contributed by atoms with Crippen molar-refractivity contribution in [1.29, 1.82) is 0 Å². The maximum absolute atomic E-state index is 5.76. The van der Waals surface area contributed by atoms with E-state index in [-0.39, 0.29) is 0 Å². The van der Waals surface area contributed by atoms with Gasteiger partial charge in [-0.15, -0.1) is 0 Å². The normalized spacial score (nSPS) is 20.7. The van der Waals surface area contributed by atoms with E-state index in [1.165, 1.54) is 25.8 Å². The van der Waals surface area contributed by atoms with Crippen LogP contribution in [0.1, 0.15) is 26.2 Å². The summed E-state index contributed by atoms with van der Waals surface area (Å²) in [5.41, 5.74) is 0. The van der Waals surface area contributed by atoms with Gasteiger partial charge in [-0.25, -0.2) is 0 Å². The Hall–Kier alpha value is -1.22. The molecule has 1 aromatic carbocycles. The SMILES string of the molecule is COc1ccc(OCCN2CCCC[C@H]2C)cc1. The van der Waals surface area contributed by atoms with Crippen molar-refractivity contribution in [2.75, 3.05) is 26.8 Å². The molecule has 0 aliphatic carbocycles. The average Bonchev–Trinajstić information content (AvgIpc) is 2.42. The van der Waals surface area contributed by atoms with Gasteiger partial charge in [-0.1, -0.05) is 6.42 Å². The Morgan fingerprint density at radius 3 is 2.56 bits per heavy atom. The van der Waals surface area contributed by atoms with Crippen LogP contribution in [0, 0.1) is 0 Å². The van der Waals surface area contributed by atoms with Crippen molar-refractivity contribution in [2.24, 2.45) is 0 Å². The maximum Gasteiger partial charge on any atom is 0.119 e. The molecule has 0 unspecified atom stereocenters. The van der Waals surface area contributed by atoms with Gasteiger partial charge < -0.3 is 9.47 Å². The minimum atomic E-state index is 0.707. The Morgan fingerprint density at radius 1 is 1.17 bits per heavy atom. The molecule has 18 heavy (non-hydrogen) atoms. The van der Waals surface area contributed by atoms with Crippen molar-refractivity contribution < 1.29 is 9.47 Å². The van der Waals surface area contributed by atoms with Crippen molar-refractivity contribution in [2.45, 2.75) is 32.2 Å². The van der Waals surface area contributed by atoms with E-state index < -0.39 is 0 Å². The number of hydrogen-bond acceptors (Lipinski definition) is 3. The molecule has 1 heterocycles. The van der Waals surface area contributed by atoms with Gasteiger partial charge in [-0.2, -0.15) is 0 Å². The number of ether oxygens (including phenoxy) is 2. The number of rotatable bonds is 5. The number of likely N-dealkylation sites (tertiary alicyclic amines) is 1. The highest BCUT2D eigenvalue weighted by Gasteiger charge is 2.17. The first-order chi connectivity index (χ1) is 8.79. The summed E-state index contributed by atoms with van der Waals surface area (Å²) in [5.74, 6) is 1.78. The highest BCUT2D eigenvalue weighted by molar-refractivity contribution is 5.31. The molecule has 2 rings (SSSR count). The summed E-state index contributed by atoms with van der Waals surface area (Å²) < 4.78 is 10.9. The van der Waals surface area contributed by atoms with E-state index in [9.17, 15) is 0 Å². The third kappa shape index (κ3) is 3.64. The summed E-state index contributed by atoms with van der Waals surface area (Å²) in [4.78, 5) is 2.52. The van der Waals surface area contributed by atoms with Crippen molar-refractivity contribution in [3.05, 3.63) is 24.3 Å². The largest absolute Gasteiger partial charge is 0.497 e. The Balaban J connectivity index is 1.73. The average molecular weight is 249 g/mol. The van der Waals surface area contributed by atoms with Crippen LogP contribution in [-0.2, 0) is 0 Å². The zero-order valence-corrected chi connectivity index (χ0v) is 11.4. The molecule has 0 amide bonds. The van der Waals surface area contributed by atoms with Crippen LogP contribution in [0.3, 0.4) is 0 Å². The van der Waals surface area contributed by atoms with Gasteiger partial charge in [0.1, 0.15) is 18.1 Å². The van der Waals surface area contributed by atoms with Gasteiger partial charge in [0.2, 0.25) is 0 Å². The van der Waals surface area contributed by atoms with Gasteiger partial charge in [0.05, 0.1) is 7.11 Å². The monoisotopic (exact) mass is 249 g/mol. The Morgan fingerprint density at radius 2 is 1.89 bits per heavy atom. The molecule has 0 spiro atoms. The maximum atomic E-state index is 5.76. The molecule has 1 aliphatic rings. The van der Waals surface area contributed by atoms with Gasteiger partial charge in [-0.3, -0.25) is 4.90 Å². The molecule has 0 bridgehead atoms. The van der Waals surface area contributed by atoms with Crippen LogP contribution in [0.15, 0.2) is 24.3 Å². The van der Waals surface area contributed by atoms with E-state index in [1.54, 1.807) is 7.11 Å². The molecule has 100 valence electrons. The Kier molecular flexibility index (Phi) is 4.88. The smallest absolute Gasteiger partial charge is 0.119 e. The first-order valence-corrected chi connectivity index (χ1v) is 6.80. The van der Waals surface area contributed by atoms with E-state index in [2.05, 4.69) is 11.8 Å². The highest BCUT2D eigenvalue weighted by Crippen LogP contribution is 2.18.